The van der Waals surface area contributed by atoms with E-state index in [9.17, 15) is 9.59 Å². The van der Waals surface area contributed by atoms with Crippen LogP contribution in [-0.2, 0) is 4.79 Å². The summed E-state index contributed by atoms with van der Waals surface area (Å²) in [6.45, 7) is 1.88. The zero-order chi connectivity index (χ0) is 22.1. The van der Waals surface area contributed by atoms with Crippen molar-refractivity contribution in [3.05, 3.63) is 70.2 Å². The number of aromatic nitrogens is 1. The number of anilines is 1. The van der Waals surface area contributed by atoms with Crippen LogP contribution in [0.4, 0.5) is 5.13 Å². The zero-order valence-corrected chi connectivity index (χ0v) is 18.5. The van der Waals surface area contributed by atoms with Crippen molar-refractivity contribution in [2.45, 2.75) is 18.9 Å². The van der Waals surface area contributed by atoms with Crippen molar-refractivity contribution in [3.63, 3.8) is 0 Å². The number of carbonyl (C=O) groups excluding carboxylic acids is 2. The van der Waals surface area contributed by atoms with Crippen LogP contribution in [0.15, 0.2) is 47.8 Å². The smallest absolute Gasteiger partial charge is 0.254 e. The summed E-state index contributed by atoms with van der Waals surface area (Å²) in [5.74, 6) is 0.136. The minimum Gasteiger partial charge on any atom is -0.493 e. The third-order valence-corrected chi connectivity index (χ3v) is 6.34. The fourth-order valence-electron chi connectivity index (χ4n) is 4.00. The maximum atomic E-state index is 13.5. The van der Waals surface area contributed by atoms with E-state index in [1.54, 1.807) is 44.4 Å². The number of amides is 2. The van der Waals surface area contributed by atoms with E-state index in [-0.39, 0.29) is 11.8 Å². The van der Waals surface area contributed by atoms with Gasteiger partial charge < -0.3 is 19.7 Å². The lowest BCUT2D eigenvalue weighted by molar-refractivity contribution is -0.119. The Morgan fingerprint density at radius 1 is 1.13 bits per heavy atom. The van der Waals surface area contributed by atoms with Crippen molar-refractivity contribution in [2.24, 2.45) is 0 Å². The Balaban J connectivity index is 1.83. The predicted octanol–water partition coefficient (Wildman–Crippen LogP) is 4.02. The predicted molar refractivity (Wildman–Crippen MR) is 119 cm³/mol. The molecule has 2 atom stereocenters. The molecule has 8 heteroatoms. The average molecular weight is 438 g/mol. The number of thiazole rings is 1. The lowest BCUT2D eigenvalue weighted by Gasteiger charge is -2.39. The molecule has 0 radical (unpaired) electrons. The summed E-state index contributed by atoms with van der Waals surface area (Å²) in [5, 5.41) is 5.35. The Labute approximate surface area is 184 Å². The Morgan fingerprint density at radius 2 is 1.87 bits per heavy atom. The molecule has 1 N–H and O–H groups in total. The van der Waals surface area contributed by atoms with Gasteiger partial charge in [-0.1, -0.05) is 24.3 Å². The van der Waals surface area contributed by atoms with Crippen LogP contribution >= 0.6 is 11.3 Å². The minimum absolute atomic E-state index is 0.135. The summed E-state index contributed by atoms with van der Waals surface area (Å²) >= 11 is 1.37. The highest BCUT2D eigenvalue weighted by Gasteiger charge is 2.43. The van der Waals surface area contributed by atoms with Crippen molar-refractivity contribution in [1.82, 2.24) is 9.88 Å². The topological polar surface area (TPSA) is 80.8 Å². The molecular formula is C23H23N3O4S. The summed E-state index contributed by atoms with van der Waals surface area (Å²) in [6.07, 6.45) is 0. The van der Waals surface area contributed by atoms with Crippen LogP contribution in [0.25, 0.3) is 0 Å². The molecule has 0 aliphatic carbocycles. The average Bonchev–Trinajstić information content (AvgIpc) is 3.19. The van der Waals surface area contributed by atoms with E-state index >= 15 is 0 Å². The molecule has 1 aliphatic heterocycles. The fraction of sp³-hybridized carbons (Fsp3) is 0.261. The quantitative estimate of drug-likeness (QED) is 0.652. The summed E-state index contributed by atoms with van der Waals surface area (Å²) in [4.78, 5) is 32.6. The zero-order valence-electron chi connectivity index (χ0n) is 17.7. The number of carbonyl (C=O) groups is 2. The lowest BCUT2D eigenvalue weighted by atomic mass is 9.79. The van der Waals surface area contributed by atoms with E-state index in [0.29, 0.717) is 27.8 Å². The number of fused-ring (bicyclic) bond motifs is 1. The third-order valence-electron chi connectivity index (χ3n) is 5.46. The van der Waals surface area contributed by atoms with Crippen LogP contribution in [-0.4, -0.2) is 43.0 Å². The molecule has 0 fully saturated rings. The Morgan fingerprint density at radius 3 is 2.55 bits per heavy atom. The van der Waals surface area contributed by atoms with Crippen molar-refractivity contribution in [1.29, 1.82) is 0 Å². The van der Waals surface area contributed by atoms with Crippen LogP contribution in [0.2, 0.25) is 0 Å². The molecule has 7 nitrogen and oxygen atoms in total. The van der Waals surface area contributed by atoms with E-state index in [1.165, 1.54) is 11.3 Å². The van der Waals surface area contributed by atoms with E-state index < -0.39 is 12.0 Å². The Hall–Kier alpha value is -3.39. The third kappa shape index (κ3) is 3.74. The highest BCUT2D eigenvalue weighted by molar-refractivity contribution is 7.13. The van der Waals surface area contributed by atoms with Gasteiger partial charge in [0.1, 0.15) is 0 Å². The number of nitrogens with zero attached hydrogens (tertiary/aromatic N) is 2. The van der Waals surface area contributed by atoms with Crippen molar-refractivity contribution >= 4 is 28.3 Å². The van der Waals surface area contributed by atoms with Gasteiger partial charge in [-0.3, -0.25) is 9.59 Å². The first kappa shape index (κ1) is 20.9. The highest BCUT2D eigenvalue weighted by Crippen LogP contribution is 2.44. The minimum atomic E-state index is -0.624. The first-order valence-corrected chi connectivity index (χ1v) is 10.6. The molecule has 2 amide bonds. The Kier molecular flexibility index (Phi) is 5.65. The van der Waals surface area contributed by atoms with E-state index in [4.69, 9.17) is 9.47 Å². The molecule has 2 aromatic carbocycles. The highest BCUT2D eigenvalue weighted by atomic mass is 32.1. The summed E-state index contributed by atoms with van der Waals surface area (Å²) < 4.78 is 10.8. The normalized spacial score (nSPS) is 17.8. The molecule has 31 heavy (non-hydrogen) atoms. The molecule has 0 bridgehead atoms. The Bertz CT molecular complexity index is 1140. The van der Waals surface area contributed by atoms with E-state index in [1.807, 2.05) is 36.6 Å². The maximum Gasteiger partial charge on any atom is 0.254 e. The number of likely N-dealkylation sites (N-methyl/N-ethyl adjacent to an activating group) is 1. The van der Waals surface area contributed by atoms with Crippen molar-refractivity contribution in [3.8, 4) is 11.5 Å². The van der Waals surface area contributed by atoms with Gasteiger partial charge in [0.25, 0.3) is 5.91 Å². The van der Waals surface area contributed by atoms with Crippen molar-refractivity contribution < 1.29 is 19.1 Å². The molecule has 4 rings (SSSR count). The largest absolute Gasteiger partial charge is 0.493 e. The van der Waals surface area contributed by atoms with Crippen molar-refractivity contribution in [2.75, 3.05) is 26.6 Å². The van der Waals surface area contributed by atoms with Crippen LogP contribution in [0, 0.1) is 6.92 Å². The molecule has 160 valence electrons. The number of hydrogen-bond acceptors (Lipinski definition) is 6. The van der Waals surface area contributed by atoms with Crippen LogP contribution < -0.4 is 14.8 Å². The van der Waals surface area contributed by atoms with Gasteiger partial charge in [0.2, 0.25) is 5.91 Å². The summed E-state index contributed by atoms with van der Waals surface area (Å²) in [7, 11) is 4.84. The number of ether oxygens (including phenoxy) is 2. The van der Waals surface area contributed by atoms with Gasteiger partial charge in [-0.05, 0) is 36.2 Å². The molecule has 0 unspecified atom stereocenters. The second-order valence-electron chi connectivity index (χ2n) is 7.32. The van der Waals surface area contributed by atoms with Gasteiger partial charge in [-0.25, -0.2) is 4.98 Å². The van der Waals surface area contributed by atoms with Gasteiger partial charge in [0.15, 0.2) is 16.6 Å². The first-order valence-electron chi connectivity index (χ1n) is 9.75. The van der Waals surface area contributed by atoms with E-state index in [2.05, 4.69) is 10.3 Å². The van der Waals surface area contributed by atoms with Gasteiger partial charge in [-0.2, -0.15) is 0 Å². The fourth-order valence-corrected chi connectivity index (χ4v) is 4.70. The number of methoxy groups -OCH3 is 2. The van der Waals surface area contributed by atoms with Gasteiger partial charge >= 0.3 is 0 Å². The number of nitrogens with one attached hydrogen (secondary N) is 1. The maximum absolute atomic E-state index is 13.5. The molecule has 2 heterocycles. The standard InChI is InChI=1S/C23H23N3O4S/c1-13-12-31-23(24-13)25-21(27)19-15-7-5-6-8-16(15)22(28)26(2)20(19)14-9-10-17(29-3)18(11-14)30-4/h5-12,19-20H,1-4H3,(H,24,25,27)/t19-,20-/m0/s1. The van der Waals surface area contributed by atoms with Gasteiger partial charge in [0, 0.05) is 18.0 Å². The monoisotopic (exact) mass is 437 g/mol. The number of hydrogen-bond donors (Lipinski definition) is 1. The molecular weight excluding hydrogens is 414 g/mol. The lowest BCUT2D eigenvalue weighted by Crippen LogP contribution is -2.44. The molecule has 0 saturated heterocycles. The summed E-state index contributed by atoms with van der Waals surface area (Å²) in [6, 6.07) is 12.2. The first-order chi connectivity index (χ1) is 14.9. The molecule has 0 spiro atoms. The number of rotatable bonds is 5. The van der Waals surface area contributed by atoms with Crippen LogP contribution in [0.3, 0.4) is 0 Å². The van der Waals surface area contributed by atoms with E-state index in [0.717, 1.165) is 11.3 Å². The second-order valence-corrected chi connectivity index (χ2v) is 8.18. The molecule has 1 aliphatic rings. The second kappa shape index (κ2) is 8.39. The van der Waals surface area contributed by atoms with Gasteiger partial charge in [0.05, 0.1) is 31.9 Å². The SMILES string of the molecule is COc1ccc([C@H]2[C@@H](C(=O)Nc3nc(C)cs3)c3ccccc3C(=O)N2C)cc1OC. The summed E-state index contributed by atoms with van der Waals surface area (Å²) in [5.41, 5.74) is 2.83. The molecule has 1 aromatic heterocycles. The number of aryl methyl sites for hydroxylation is 1. The number of benzene rings is 2. The van der Waals surface area contributed by atoms with Crippen LogP contribution in [0.5, 0.6) is 11.5 Å². The van der Waals surface area contributed by atoms with Crippen LogP contribution in [0.1, 0.15) is 39.1 Å². The van der Waals surface area contributed by atoms with Gasteiger partial charge in [-0.15, -0.1) is 11.3 Å². The molecule has 0 saturated carbocycles. The molecule has 3 aromatic rings.